The van der Waals surface area contributed by atoms with Crippen molar-refractivity contribution in [3.8, 4) is 0 Å². The topological polar surface area (TPSA) is 56.2 Å². The molecule has 1 saturated carbocycles. The highest BCUT2D eigenvalue weighted by atomic mass is 15.2. The van der Waals surface area contributed by atoms with Crippen molar-refractivity contribution >= 4 is 5.65 Å². The summed E-state index contributed by atoms with van der Waals surface area (Å²) in [5.74, 6) is 1.71. The Balaban J connectivity index is 2.04. The molecule has 1 fully saturated rings. The third-order valence-corrected chi connectivity index (χ3v) is 3.71. The van der Waals surface area contributed by atoms with Crippen LogP contribution in [0.2, 0.25) is 0 Å². The van der Waals surface area contributed by atoms with E-state index in [9.17, 15) is 0 Å². The predicted octanol–water partition coefficient (Wildman–Crippen LogP) is 2.41. The lowest BCUT2D eigenvalue weighted by atomic mass is 10.1. The van der Waals surface area contributed by atoms with E-state index in [0.29, 0.717) is 5.92 Å². The van der Waals surface area contributed by atoms with Crippen LogP contribution in [0, 0.1) is 0 Å². The van der Waals surface area contributed by atoms with Crippen LogP contribution in [0.25, 0.3) is 5.65 Å². The van der Waals surface area contributed by atoms with Gasteiger partial charge in [0.05, 0.1) is 0 Å². The number of nitrogens with two attached hydrogens (primary N) is 1. The van der Waals surface area contributed by atoms with E-state index in [2.05, 4.69) is 26.9 Å². The number of hydrogen-bond acceptors (Lipinski definition) is 3. The van der Waals surface area contributed by atoms with Gasteiger partial charge in [-0.1, -0.05) is 12.8 Å². The quantitative estimate of drug-likeness (QED) is 0.862. The molecule has 1 aliphatic carbocycles. The van der Waals surface area contributed by atoms with E-state index in [4.69, 9.17) is 5.73 Å². The van der Waals surface area contributed by atoms with Crippen molar-refractivity contribution in [2.24, 2.45) is 5.73 Å². The second-order valence-electron chi connectivity index (χ2n) is 5.02. The van der Waals surface area contributed by atoms with Crippen LogP contribution in [-0.4, -0.2) is 14.6 Å². The maximum absolute atomic E-state index is 5.88. The molecule has 1 unspecified atom stereocenters. The lowest BCUT2D eigenvalue weighted by molar-refractivity contribution is 0.658. The largest absolute Gasteiger partial charge is 0.324 e. The van der Waals surface area contributed by atoms with Crippen LogP contribution < -0.4 is 5.73 Å². The Morgan fingerprint density at radius 2 is 2.12 bits per heavy atom. The Bertz CT molecular complexity index is 523. The summed E-state index contributed by atoms with van der Waals surface area (Å²) >= 11 is 0. The highest BCUT2D eigenvalue weighted by Gasteiger charge is 2.22. The summed E-state index contributed by atoms with van der Waals surface area (Å²) in [6.07, 6.45) is 7.18. The van der Waals surface area contributed by atoms with E-state index in [0.717, 1.165) is 17.0 Å². The first kappa shape index (κ1) is 10.7. The van der Waals surface area contributed by atoms with Crippen LogP contribution in [0.3, 0.4) is 0 Å². The van der Waals surface area contributed by atoms with Gasteiger partial charge < -0.3 is 5.73 Å². The van der Waals surface area contributed by atoms with Crippen molar-refractivity contribution in [3.63, 3.8) is 0 Å². The molecule has 2 N–H and O–H groups in total. The van der Waals surface area contributed by atoms with Crippen LogP contribution in [0.4, 0.5) is 0 Å². The molecule has 3 rings (SSSR count). The zero-order valence-electron chi connectivity index (χ0n) is 10.1. The fourth-order valence-corrected chi connectivity index (χ4v) is 2.67. The minimum atomic E-state index is 0.0478. The van der Waals surface area contributed by atoms with Crippen molar-refractivity contribution in [3.05, 3.63) is 29.7 Å². The number of rotatable bonds is 2. The summed E-state index contributed by atoms with van der Waals surface area (Å²) in [7, 11) is 0. The Kier molecular flexibility index (Phi) is 2.59. The first-order valence-electron chi connectivity index (χ1n) is 6.36. The van der Waals surface area contributed by atoms with E-state index in [1.165, 1.54) is 25.7 Å². The molecule has 90 valence electrons. The van der Waals surface area contributed by atoms with Gasteiger partial charge in [-0.15, -0.1) is 10.2 Å². The lowest BCUT2D eigenvalue weighted by Gasteiger charge is -2.08. The van der Waals surface area contributed by atoms with Gasteiger partial charge in [-0.2, -0.15) is 0 Å². The summed E-state index contributed by atoms with van der Waals surface area (Å²) < 4.78 is 2.11. The lowest BCUT2D eigenvalue weighted by Crippen LogP contribution is -2.06. The molecule has 2 aromatic heterocycles. The first-order chi connectivity index (χ1) is 8.25. The standard InChI is InChI=1S/C13H18N4/c1-9(14)11-6-7-17-12(8-11)15-16-13(17)10-4-2-3-5-10/h6-10H,2-5,14H2,1H3. The summed E-state index contributed by atoms with van der Waals surface area (Å²) in [6.45, 7) is 1.99. The third-order valence-electron chi connectivity index (χ3n) is 3.71. The monoisotopic (exact) mass is 230 g/mol. The summed E-state index contributed by atoms with van der Waals surface area (Å²) in [4.78, 5) is 0. The van der Waals surface area contributed by atoms with Gasteiger partial charge in [0.1, 0.15) is 5.82 Å². The Morgan fingerprint density at radius 1 is 1.35 bits per heavy atom. The fraction of sp³-hybridized carbons (Fsp3) is 0.538. The average molecular weight is 230 g/mol. The average Bonchev–Trinajstić information content (AvgIpc) is 2.96. The second-order valence-corrected chi connectivity index (χ2v) is 5.02. The van der Waals surface area contributed by atoms with Crippen molar-refractivity contribution in [2.45, 2.75) is 44.6 Å². The van der Waals surface area contributed by atoms with Crippen molar-refractivity contribution in [2.75, 3.05) is 0 Å². The molecule has 0 bridgehead atoms. The molecule has 0 amide bonds. The minimum absolute atomic E-state index is 0.0478. The van der Waals surface area contributed by atoms with E-state index in [1.807, 2.05) is 13.0 Å². The van der Waals surface area contributed by atoms with E-state index in [1.54, 1.807) is 0 Å². The van der Waals surface area contributed by atoms with E-state index < -0.39 is 0 Å². The van der Waals surface area contributed by atoms with Crippen LogP contribution in [0.15, 0.2) is 18.3 Å². The normalized spacial score (nSPS) is 18.9. The van der Waals surface area contributed by atoms with Crippen LogP contribution in [0.1, 0.15) is 56.0 Å². The zero-order chi connectivity index (χ0) is 11.8. The Hall–Kier alpha value is -1.42. The van der Waals surface area contributed by atoms with Gasteiger partial charge in [0.2, 0.25) is 0 Å². The molecule has 0 aromatic carbocycles. The SMILES string of the molecule is CC(N)c1ccn2c(C3CCCC3)nnc2c1. The first-order valence-corrected chi connectivity index (χ1v) is 6.36. The van der Waals surface area contributed by atoms with Gasteiger partial charge in [-0.05, 0) is 37.5 Å². The molecular weight excluding hydrogens is 212 g/mol. The number of hydrogen-bond donors (Lipinski definition) is 1. The van der Waals surface area contributed by atoms with Gasteiger partial charge >= 0.3 is 0 Å². The molecule has 0 spiro atoms. The number of aromatic nitrogens is 3. The third kappa shape index (κ3) is 1.82. The van der Waals surface area contributed by atoms with Gasteiger partial charge in [-0.25, -0.2) is 0 Å². The predicted molar refractivity (Wildman–Crippen MR) is 66.8 cm³/mol. The maximum Gasteiger partial charge on any atom is 0.161 e. The molecule has 2 aromatic rings. The molecule has 0 aliphatic heterocycles. The number of fused-ring (bicyclic) bond motifs is 1. The smallest absolute Gasteiger partial charge is 0.161 e. The highest BCUT2D eigenvalue weighted by Crippen LogP contribution is 2.33. The second kappa shape index (κ2) is 4.11. The molecule has 1 aliphatic rings. The number of nitrogens with zero attached hydrogens (tertiary/aromatic N) is 3. The molecule has 2 heterocycles. The van der Waals surface area contributed by atoms with Crippen LogP contribution >= 0.6 is 0 Å². The highest BCUT2D eigenvalue weighted by molar-refractivity contribution is 5.42. The van der Waals surface area contributed by atoms with Crippen LogP contribution in [-0.2, 0) is 0 Å². The summed E-state index contributed by atoms with van der Waals surface area (Å²) in [5, 5.41) is 8.61. The van der Waals surface area contributed by atoms with Gasteiger partial charge in [0.25, 0.3) is 0 Å². The van der Waals surface area contributed by atoms with E-state index in [-0.39, 0.29) is 6.04 Å². The molecule has 0 radical (unpaired) electrons. The van der Waals surface area contributed by atoms with Crippen molar-refractivity contribution in [1.82, 2.24) is 14.6 Å². The van der Waals surface area contributed by atoms with Gasteiger partial charge in [0.15, 0.2) is 5.65 Å². The summed E-state index contributed by atoms with van der Waals surface area (Å²) in [6, 6.07) is 4.15. The minimum Gasteiger partial charge on any atom is -0.324 e. The fourth-order valence-electron chi connectivity index (χ4n) is 2.67. The Labute approximate surface area is 101 Å². The molecule has 4 nitrogen and oxygen atoms in total. The van der Waals surface area contributed by atoms with Gasteiger partial charge in [-0.3, -0.25) is 4.40 Å². The van der Waals surface area contributed by atoms with Crippen molar-refractivity contribution < 1.29 is 0 Å². The molecule has 1 atom stereocenters. The molecule has 0 saturated heterocycles. The molecule has 4 heteroatoms. The van der Waals surface area contributed by atoms with Gasteiger partial charge in [0, 0.05) is 18.2 Å². The molecular formula is C13H18N4. The zero-order valence-corrected chi connectivity index (χ0v) is 10.1. The van der Waals surface area contributed by atoms with Crippen LogP contribution in [0.5, 0.6) is 0 Å². The number of pyridine rings is 1. The van der Waals surface area contributed by atoms with E-state index >= 15 is 0 Å². The summed E-state index contributed by atoms with van der Waals surface area (Å²) in [5.41, 5.74) is 7.91. The maximum atomic E-state index is 5.88. The molecule has 17 heavy (non-hydrogen) atoms. The van der Waals surface area contributed by atoms with Crippen molar-refractivity contribution in [1.29, 1.82) is 0 Å². The Morgan fingerprint density at radius 3 is 2.82 bits per heavy atom.